The van der Waals surface area contributed by atoms with Crippen LogP contribution in [0.5, 0.6) is 0 Å². The number of allylic oxidation sites excluding steroid dienone is 4. The number of fused-ring (bicyclic) bond motifs is 5. The Morgan fingerprint density at radius 1 is 0.634 bits per heavy atom. The zero-order chi connectivity index (χ0) is 59.9. The molecule has 3 saturated carbocycles. The highest BCUT2D eigenvalue weighted by Crippen LogP contribution is 2.67. The van der Waals surface area contributed by atoms with E-state index in [1.54, 1.807) is 0 Å². The molecule has 5 aliphatic heterocycles. The first-order valence-corrected chi connectivity index (χ1v) is 30.4. The highest BCUT2D eigenvalue weighted by Gasteiger charge is 2.63. The van der Waals surface area contributed by atoms with E-state index >= 15 is 0 Å². The van der Waals surface area contributed by atoms with Crippen molar-refractivity contribution in [3.63, 3.8) is 0 Å². The van der Waals surface area contributed by atoms with Crippen LogP contribution in [0, 0.1) is 34.5 Å². The molecule has 0 radical (unpaired) electrons. The van der Waals surface area contributed by atoms with Crippen molar-refractivity contribution in [1.82, 2.24) is 0 Å². The fraction of sp³-hybridized carbons (Fsp3) is 0.927. The fourth-order valence-electron chi connectivity index (χ4n) is 15.3. The molecule has 5 saturated heterocycles. The van der Waals surface area contributed by atoms with Gasteiger partial charge in [-0.25, -0.2) is 4.18 Å². The van der Waals surface area contributed by atoms with Crippen molar-refractivity contribution < 1.29 is 126 Å². The van der Waals surface area contributed by atoms with Crippen molar-refractivity contribution in [2.75, 3.05) is 13.2 Å². The predicted octanol–water partition coefficient (Wildman–Crippen LogP) is -1.30. The molecule has 0 amide bonds. The molecule has 27 heteroatoms. The smallest absolute Gasteiger partial charge is 0.390 e. The summed E-state index contributed by atoms with van der Waals surface area (Å²) in [6.07, 6.45) is -29.8. The lowest BCUT2D eigenvalue weighted by Gasteiger charge is -2.60. The van der Waals surface area contributed by atoms with Gasteiger partial charge in [0.1, 0.15) is 91.6 Å². The molecule has 13 N–H and O–H groups in total. The lowest BCUT2D eigenvalue weighted by Crippen LogP contribution is -2.66. The summed E-state index contributed by atoms with van der Waals surface area (Å²) in [5, 5.41) is 134. The van der Waals surface area contributed by atoms with E-state index in [9.17, 15) is 74.2 Å². The van der Waals surface area contributed by atoms with Crippen LogP contribution in [-0.4, -0.2) is 247 Å². The van der Waals surface area contributed by atoms with Gasteiger partial charge in [-0.1, -0.05) is 37.1 Å². The molecule has 5 heterocycles. The summed E-state index contributed by atoms with van der Waals surface area (Å²) in [5.74, 6) is -0.417. The number of rotatable bonds is 16. The van der Waals surface area contributed by atoms with Gasteiger partial charge < -0.3 is 109 Å². The summed E-state index contributed by atoms with van der Waals surface area (Å²) < 4.78 is 100. The van der Waals surface area contributed by atoms with Crippen molar-refractivity contribution >= 4 is 10.4 Å². The molecule has 26 unspecified atom stereocenters. The predicted molar refractivity (Wildman–Crippen MR) is 279 cm³/mol. The van der Waals surface area contributed by atoms with Gasteiger partial charge in [0.05, 0.1) is 49.3 Å². The minimum Gasteiger partial charge on any atom is -0.390 e. The zero-order valence-electron chi connectivity index (χ0n) is 47.7. The average Bonchev–Trinajstić information content (AvgIpc) is 1.78. The molecule has 0 aromatic rings. The van der Waals surface area contributed by atoms with Gasteiger partial charge in [-0.15, -0.1) is 0 Å². The van der Waals surface area contributed by atoms with Gasteiger partial charge in [0.25, 0.3) is 0 Å². The zero-order valence-corrected chi connectivity index (χ0v) is 48.5. The second-order valence-corrected chi connectivity index (χ2v) is 26.8. The molecular weight excluding hydrogens is 1110 g/mol. The molecule has 0 aromatic carbocycles. The Morgan fingerprint density at radius 2 is 1.17 bits per heavy atom. The van der Waals surface area contributed by atoms with Gasteiger partial charge in [-0.2, -0.15) is 8.42 Å². The first-order chi connectivity index (χ1) is 38.3. The van der Waals surface area contributed by atoms with Crippen molar-refractivity contribution in [1.29, 1.82) is 0 Å². The maximum absolute atomic E-state index is 12.4. The highest BCUT2D eigenvalue weighted by atomic mass is 32.3. The van der Waals surface area contributed by atoms with E-state index in [-0.39, 0.29) is 29.6 Å². The van der Waals surface area contributed by atoms with Crippen molar-refractivity contribution in [2.45, 2.75) is 272 Å². The number of ether oxygens (including phenoxy) is 10. The van der Waals surface area contributed by atoms with E-state index in [1.807, 2.05) is 20.8 Å². The van der Waals surface area contributed by atoms with E-state index < -0.39 is 194 Å². The van der Waals surface area contributed by atoms with Crippen LogP contribution in [0.2, 0.25) is 0 Å². The summed E-state index contributed by atoms with van der Waals surface area (Å²) in [7, 11) is -4.85. The second-order valence-electron chi connectivity index (χ2n) is 25.7. The summed E-state index contributed by atoms with van der Waals surface area (Å²) in [5.41, 5.74) is 0.554. The van der Waals surface area contributed by atoms with E-state index in [0.717, 1.165) is 25.7 Å². The molecule has 82 heavy (non-hydrogen) atoms. The summed E-state index contributed by atoms with van der Waals surface area (Å²) in [6.45, 7) is 13.6. The van der Waals surface area contributed by atoms with Gasteiger partial charge in [0.15, 0.2) is 31.5 Å². The Bertz CT molecular complexity index is 2340. The van der Waals surface area contributed by atoms with Crippen LogP contribution < -0.4 is 0 Å². The van der Waals surface area contributed by atoms with E-state index in [4.69, 9.17) is 51.6 Å². The number of aliphatic hydroxyl groups excluding tert-OH is 11. The molecule has 9 aliphatic rings. The second kappa shape index (κ2) is 25.2. The Morgan fingerprint density at radius 3 is 1.77 bits per heavy atom. The maximum atomic E-state index is 12.4. The van der Waals surface area contributed by atoms with Crippen molar-refractivity contribution in [3.05, 3.63) is 23.3 Å². The maximum Gasteiger partial charge on any atom is 0.397 e. The van der Waals surface area contributed by atoms with Crippen LogP contribution in [-0.2, 0) is 62.0 Å². The Kier molecular flexibility index (Phi) is 19.9. The largest absolute Gasteiger partial charge is 0.397 e. The molecule has 32 atom stereocenters. The van der Waals surface area contributed by atoms with Gasteiger partial charge in [-0.05, 0) is 134 Å². The summed E-state index contributed by atoms with van der Waals surface area (Å²) in [6, 6.07) is 0. The van der Waals surface area contributed by atoms with E-state index in [2.05, 4.69) is 26.0 Å². The van der Waals surface area contributed by atoms with Gasteiger partial charge >= 0.3 is 10.4 Å². The monoisotopic (exact) mass is 1200 g/mol. The SMILES string of the molecule is CC(C)=CCC[C@](C)(O)[C@H]1CCC2C3C[C@H](OC4OC(C)C(O)C(OC5OCC(OC6OCC(O)C(O)C6OC6OC(C)C(O)C(O)C6O)C(O)C5OC5OC(C)C(O)C(O)C5O)C4O)C4C[C@@H](OS(=O)(=O)O)CC[C@]4(C)C3=CC[C@@]21C. The van der Waals surface area contributed by atoms with Crippen molar-refractivity contribution in [3.8, 4) is 0 Å². The topological polar surface area (TPSA) is 399 Å². The third-order valence-corrected chi connectivity index (χ3v) is 20.4. The molecule has 0 spiro atoms. The molecule has 9 rings (SSSR count). The van der Waals surface area contributed by atoms with Gasteiger partial charge in [0, 0.05) is 0 Å². The molecule has 0 bridgehead atoms. The highest BCUT2D eigenvalue weighted by molar-refractivity contribution is 7.80. The van der Waals surface area contributed by atoms with Crippen LogP contribution in [0.15, 0.2) is 23.3 Å². The van der Waals surface area contributed by atoms with E-state index in [0.29, 0.717) is 25.7 Å². The number of aliphatic hydroxyl groups is 12. The third kappa shape index (κ3) is 12.8. The van der Waals surface area contributed by atoms with Gasteiger partial charge in [0.2, 0.25) is 0 Å². The first-order valence-electron chi connectivity index (χ1n) is 29.0. The normalized spacial score (nSPS) is 51.7. The number of hydrogen-bond donors (Lipinski definition) is 13. The Hall–Kier alpha value is -1.53. The molecule has 0 aromatic heterocycles. The standard InChI is InChI=1S/C55H90O26S/c1-22(2)10-9-15-55(8,67)34-12-11-28-27-19-32(30-18-26(81-82(68,69)70)13-16-53(30,6)29(27)14-17-54(28,34)7)76-50-44(66)45(37(59)25(5)75-50)78-52-47(80-49-43(65)41(63)36(58)24(4)74-49)39(61)33(21-72-52)77-51-46(38(60)31(56)20-71-51)79-48-42(64)40(62)35(57)23(3)73-48/h10,14,23-28,30-52,56-67H,9,11-13,15-21H2,1-8H3,(H,68,69,70)/t23?,24?,25?,26-,27?,28?,30?,31?,32-,33?,34-,35?,36?,37?,38?,39?,40?,41?,42?,43?,44?,45?,46?,47?,48?,49?,50?,51?,52?,53+,54-,55-/m0/s1. The minimum absolute atomic E-state index is 0.0229. The van der Waals surface area contributed by atoms with Crippen molar-refractivity contribution in [2.24, 2.45) is 34.5 Å². The summed E-state index contributed by atoms with van der Waals surface area (Å²) in [4.78, 5) is 0. The van der Waals surface area contributed by atoms with Gasteiger partial charge in [-0.3, -0.25) is 4.55 Å². The minimum atomic E-state index is -4.85. The van der Waals surface area contributed by atoms with Crippen LogP contribution in [0.1, 0.15) is 113 Å². The quantitative estimate of drug-likeness (QED) is 0.0631. The molecule has 26 nitrogen and oxygen atoms in total. The third-order valence-electron chi connectivity index (χ3n) is 19.9. The molecule has 4 aliphatic carbocycles. The number of hydrogen-bond acceptors (Lipinski definition) is 25. The first kappa shape index (κ1) is 64.9. The van der Waals surface area contributed by atoms with Crippen LogP contribution in [0.3, 0.4) is 0 Å². The lowest BCUT2D eigenvalue weighted by atomic mass is 9.47. The Balaban J connectivity index is 0.972. The average molecular weight is 1200 g/mol. The van der Waals surface area contributed by atoms with Crippen LogP contribution >= 0.6 is 0 Å². The summed E-state index contributed by atoms with van der Waals surface area (Å²) >= 11 is 0. The molecular formula is C55H90O26S. The molecule has 8 fully saturated rings. The molecule has 472 valence electrons. The fourth-order valence-corrected chi connectivity index (χ4v) is 15.8. The van der Waals surface area contributed by atoms with Crippen LogP contribution in [0.4, 0.5) is 0 Å². The van der Waals surface area contributed by atoms with E-state index in [1.165, 1.54) is 31.9 Å². The van der Waals surface area contributed by atoms with Crippen LogP contribution in [0.25, 0.3) is 0 Å². The Labute approximate surface area is 478 Å². The lowest BCUT2D eigenvalue weighted by molar-refractivity contribution is -0.394.